The summed E-state index contributed by atoms with van der Waals surface area (Å²) in [6, 6.07) is 16.1. The van der Waals surface area contributed by atoms with Crippen LogP contribution < -0.4 is 14.4 Å². The monoisotopic (exact) mass is 351 g/mol. The van der Waals surface area contributed by atoms with Crippen molar-refractivity contribution in [2.75, 3.05) is 31.2 Å². The van der Waals surface area contributed by atoms with Gasteiger partial charge in [-0.1, -0.05) is 18.2 Å². The number of ether oxygens (including phenoxy) is 2. The number of amidine groups is 1. The molecular weight excluding hydrogens is 328 g/mol. The molecular formula is C21H23N2O3+. The van der Waals surface area contributed by atoms with E-state index in [-0.39, 0.29) is 0 Å². The molecule has 26 heavy (non-hydrogen) atoms. The lowest BCUT2D eigenvalue weighted by atomic mass is 10.0. The van der Waals surface area contributed by atoms with E-state index in [9.17, 15) is 5.11 Å². The third-order valence-corrected chi connectivity index (χ3v) is 5.55. The van der Waals surface area contributed by atoms with Crippen molar-refractivity contribution in [3.8, 4) is 11.5 Å². The molecule has 0 amide bonds. The van der Waals surface area contributed by atoms with Crippen molar-refractivity contribution in [2.24, 2.45) is 0 Å². The number of nitrogens with zero attached hydrogens (tertiary/aromatic N) is 2. The smallest absolute Gasteiger partial charge is 0.271 e. The maximum absolute atomic E-state index is 11.8. The van der Waals surface area contributed by atoms with Crippen molar-refractivity contribution in [3.05, 3.63) is 54.1 Å². The number of anilines is 1. The molecule has 3 heterocycles. The van der Waals surface area contributed by atoms with Crippen LogP contribution in [0.2, 0.25) is 0 Å². The van der Waals surface area contributed by atoms with Gasteiger partial charge in [0.05, 0.1) is 6.54 Å². The van der Waals surface area contributed by atoms with Crippen LogP contribution in [0.1, 0.15) is 24.8 Å². The minimum absolute atomic E-state index is 0.520. The van der Waals surface area contributed by atoms with E-state index >= 15 is 0 Å². The molecule has 5 heteroatoms. The van der Waals surface area contributed by atoms with Crippen molar-refractivity contribution < 1.29 is 19.2 Å². The number of rotatable bonds is 2. The highest BCUT2D eigenvalue weighted by atomic mass is 16.6. The van der Waals surface area contributed by atoms with Gasteiger partial charge >= 0.3 is 0 Å². The molecule has 2 aromatic carbocycles. The van der Waals surface area contributed by atoms with Gasteiger partial charge in [-0.25, -0.2) is 9.48 Å². The van der Waals surface area contributed by atoms with Gasteiger partial charge < -0.3 is 14.6 Å². The molecule has 0 bridgehead atoms. The van der Waals surface area contributed by atoms with Gasteiger partial charge in [0.15, 0.2) is 18.0 Å². The van der Waals surface area contributed by atoms with E-state index in [4.69, 9.17) is 9.47 Å². The SMILES string of the molecule is O[C@]1(c2ccc3c(c2)OCCO3)CN(c2ccccc2)C2=[N+]1CCCC2. The van der Waals surface area contributed by atoms with Gasteiger partial charge in [-0.2, -0.15) is 0 Å². The first-order chi connectivity index (χ1) is 12.8. The van der Waals surface area contributed by atoms with E-state index in [1.54, 1.807) is 0 Å². The Labute approximate surface area is 153 Å². The predicted molar refractivity (Wildman–Crippen MR) is 99.1 cm³/mol. The zero-order valence-electron chi connectivity index (χ0n) is 14.7. The van der Waals surface area contributed by atoms with Crippen LogP contribution >= 0.6 is 0 Å². The lowest BCUT2D eigenvalue weighted by Gasteiger charge is -2.26. The van der Waals surface area contributed by atoms with Crippen LogP contribution in [0.3, 0.4) is 0 Å². The Balaban J connectivity index is 1.59. The van der Waals surface area contributed by atoms with Gasteiger partial charge in [-0.05, 0) is 43.2 Å². The molecule has 134 valence electrons. The van der Waals surface area contributed by atoms with Crippen molar-refractivity contribution in [2.45, 2.75) is 25.0 Å². The van der Waals surface area contributed by atoms with Crippen molar-refractivity contribution >= 4 is 11.5 Å². The van der Waals surface area contributed by atoms with Crippen molar-refractivity contribution in [1.29, 1.82) is 0 Å². The zero-order chi connectivity index (χ0) is 17.6. The Hall–Kier alpha value is -2.53. The van der Waals surface area contributed by atoms with Crippen LogP contribution in [-0.4, -0.2) is 41.8 Å². The third kappa shape index (κ3) is 2.38. The van der Waals surface area contributed by atoms with Crippen molar-refractivity contribution in [1.82, 2.24) is 0 Å². The second kappa shape index (κ2) is 6.02. The molecule has 0 spiro atoms. The second-order valence-electron chi connectivity index (χ2n) is 7.12. The molecule has 0 unspecified atom stereocenters. The average Bonchev–Trinajstić information content (AvgIpc) is 3.03. The average molecular weight is 351 g/mol. The van der Waals surface area contributed by atoms with E-state index in [0.29, 0.717) is 19.8 Å². The molecule has 3 aliphatic rings. The standard InChI is InChI=1S/C21H23N2O3/c24-21(16-9-10-18-19(14-16)26-13-12-25-18)15-22(17-6-2-1-3-7-17)20-8-4-5-11-23(20)21/h1-3,6-7,9-10,14,24H,4-5,8,11-13,15H2/q+1/t21-/m0/s1. The van der Waals surface area contributed by atoms with Crippen LogP contribution in [0.25, 0.3) is 0 Å². The summed E-state index contributed by atoms with van der Waals surface area (Å²) >= 11 is 0. The molecule has 3 aliphatic heterocycles. The summed E-state index contributed by atoms with van der Waals surface area (Å²) in [5.41, 5.74) is 0.934. The Bertz CT molecular complexity index is 865. The molecule has 1 N–H and O–H groups in total. The molecule has 0 saturated heterocycles. The molecule has 5 nitrogen and oxygen atoms in total. The second-order valence-corrected chi connectivity index (χ2v) is 7.12. The van der Waals surface area contributed by atoms with Gasteiger partial charge in [0, 0.05) is 12.0 Å². The molecule has 0 saturated carbocycles. The maximum Gasteiger partial charge on any atom is 0.271 e. The summed E-state index contributed by atoms with van der Waals surface area (Å²) in [5, 5.41) is 11.8. The van der Waals surface area contributed by atoms with Crippen molar-refractivity contribution in [3.63, 3.8) is 0 Å². The van der Waals surface area contributed by atoms with E-state index in [1.807, 2.05) is 36.4 Å². The molecule has 0 aliphatic carbocycles. The Kier molecular flexibility index (Phi) is 3.64. The van der Waals surface area contributed by atoms with Crippen LogP contribution in [-0.2, 0) is 5.72 Å². The Morgan fingerprint density at radius 2 is 1.77 bits per heavy atom. The normalized spacial score (nSPS) is 24.6. The highest BCUT2D eigenvalue weighted by molar-refractivity contribution is 5.96. The van der Waals surface area contributed by atoms with Crippen LogP contribution in [0.4, 0.5) is 5.69 Å². The van der Waals surface area contributed by atoms with E-state index in [2.05, 4.69) is 21.6 Å². The van der Waals surface area contributed by atoms with Gasteiger partial charge in [0.1, 0.15) is 18.9 Å². The predicted octanol–water partition coefficient (Wildman–Crippen LogP) is 2.72. The Morgan fingerprint density at radius 3 is 2.62 bits per heavy atom. The lowest BCUT2D eigenvalue weighted by Crippen LogP contribution is -2.41. The summed E-state index contributed by atoms with van der Waals surface area (Å²) in [7, 11) is 0. The topological polar surface area (TPSA) is 44.9 Å². The fraction of sp³-hybridized carbons (Fsp3) is 0.381. The highest BCUT2D eigenvalue weighted by Gasteiger charge is 2.52. The quantitative estimate of drug-likeness (QED) is 0.845. The maximum atomic E-state index is 11.8. The number of para-hydroxylation sites is 1. The van der Waals surface area contributed by atoms with Gasteiger partial charge in [-0.15, -0.1) is 0 Å². The first-order valence-electron chi connectivity index (χ1n) is 9.34. The summed E-state index contributed by atoms with van der Waals surface area (Å²) in [6.45, 7) is 2.50. The first kappa shape index (κ1) is 15.7. The van der Waals surface area contributed by atoms with Gasteiger partial charge in [0.25, 0.3) is 11.6 Å². The largest absolute Gasteiger partial charge is 0.486 e. The highest BCUT2D eigenvalue weighted by Crippen LogP contribution is 2.39. The number of β-amino-alcohol motifs (C(OH)–C–C–N with tert-alkyl or cyclic N) is 1. The number of aliphatic hydroxyl groups is 1. The minimum Gasteiger partial charge on any atom is -0.486 e. The summed E-state index contributed by atoms with van der Waals surface area (Å²) in [5.74, 6) is 2.68. The van der Waals surface area contributed by atoms with Gasteiger partial charge in [0.2, 0.25) is 0 Å². The zero-order valence-corrected chi connectivity index (χ0v) is 14.7. The summed E-state index contributed by atoms with van der Waals surface area (Å²) in [6.07, 6.45) is 3.24. The molecule has 0 fully saturated rings. The molecule has 1 atom stereocenters. The summed E-state index contributed by atoms with van der Waals surface area (Å²) < 4.78 is 13.6. The molecule has 0 radical (unpaired) electrons. The molecule has 0 aromatic heterocycles. The third-order valence-electron chi connectivity index (χ3n) is 5.55. The Morgan fingerprint density at radius 1 is 0.962 bits per heavy atom. The van der Waals surface area contributed by atoms with E-state index in [0.717, 1.165) is 48.6 Å². The van der Waals surface area contributed by atoms with Crippen LogP contribution in [0.15, 0.2) is 48.5 Å². The first-order valence-corrected chi connectivity index (χ1v) is 9.34. The summed E-state index contributed by atoms with van der Waals surface area (Å²) in [4.78, 5) is 2.26. The number of hydrogen-bond donors (Lipinski definition) is 1. The molecule has 5 rings (SSSR count). The van der Waals surface area contributed by atoms with Crippen LogP contribution in [0.5, 0.6) is 11.5 Å². The number of fused-ring (bicyclic) bond motifs is 1. The van der Waals surface area contributed by atoms with Gasteiger partial charge in [-0.3, -0.25) is 0 Å². The van der Waals surface area contributed by atoms with E-state index < -0.39 is 5.72 Å². The fourth-order valence-electron chi connectivity index (χ4n) is 4.28. The fourth-order valence-corrected chi connectivity index (χ4v) is 4.28. The van der Waals surface area contributed by atoms with Crippen LogP contribution in [0, 0.1) is 0 Å². The molecule has 2 aromatic rings. The lowest BCUT2D eigenvalue weighted by molar-refractivity contribution is -0.661. The number of hydrogen-bond acceptors (Lipinski definition) is 4. The number of benzene rings is 2. The minimum atomic E-state index is -1.05. The van der Waals surface area contributed by atoms with E-state index in [1.165, 1.54) is 5.84 Å².